The molecule has 1 unspecified atom stereocenters. The van der Waals surface area contributed by atoms with Crippen molar-refractivity contribution in [3.8, 4) is 0 Å². The number of hydrogen-bond donors (Lipinski definition) is 3. The van der Waals surface area contributed by atoms with Crippen LogP contribution in [-0.2, 0) is 9.59 Å². The smallest absolute Gasteiger partial charge is 0.329 e. The van der Waals surface area contributed by atoms with Gasteiger partial charge in [-0.1, -0.05) is 13.3 Å². The number of carbonyl (C=O) groups excluding carboxylic acids is 1. The first-order valence-corrected chi connectivity index (χ1v) is 5.25. The van der Waals surface area contributed by atoms with Crippen molar-refractivity contribution in [2.75, 3.05) is 13.1 Å². The van der Waals surface area contributed by atoms with Crippen molar-refractivity contribution < 1.29 is 14.7 Å². The Morgan fingerprint density at radius 3 is 2.47 bits per heavy atom. The summed E-state index contributed by atoms with van der Waals surface area (Å²) >= 11 is 0. The van der Waals surface area contributed by atoms with Gasteiger partial charge in [0.25, 0.3) is 0 Å². The summed E-state index contributed by atoms with van der Waals surface area (Å²) in [7, 11) is 0. The predicted molar refractivity (Wildman–Crippen MR) is 55.5 cm³/mol. The summed E-state index contributed by atoms with van der Waals surface area (Å²) in [6.07, 6.45) is 1.18. The van der Waals surface area contributed by atoms with E-state index in [-0.39, 0.29) is 11.8 Å². The fourth-order valence-corrected chi connectivity index (χ4v) is 1.57. The summed E-state index contributed by atoms with van der Waals surface area (Å²) in [4.78, 5) is 22.7. The van der Waals surface area contributed by atoms with Gasteiger partial charge in [-0.05, 0) is 13.3 Å². The van der Waals surface area contributed by atoms with Gasteiger partial charge in [0.15, 0.2) is 0 Å². The number of carboxylic acid groups (broad SMARTS) is 1. The van der Waals surface area contributed by atoms with Gasteiger partial charge < -0.3 is 15.7 Å². The molecule has 5 heteroatoms. The van der Waals surface area contributed by atoms with E-state index in [1.54, 1.807) is 6.92 Å². The summed E-state index contributed by atoms with van der Waals surface area (Å²) in [6.45, 7) is 4.75. The summed E-state index contributed by atoms with van der Waals surface area (Å²) in [5, 5.41) is 14.7. The second-order valence-electron chi connectivity index (χ2n) is 4.23. The molecule has 1 amide bonds. The van der Waals surface area contributed by atoms with Gasteiger partial charge in [-0.15, -0.1) is 0 Å². The third-order valence-electron chi connectivity index (χ3n) is 2.77. The van der Waals surface area contributed by atoms with Gasteiger partial charge in [-0.2, -0.15) is 0 Å². The minimum absolute atomic E-state index is 0.0690. The van der Waals surface area contributed by atoms with E-state index in [1.165, 1.54) is 0 Å². The van der Waals surface area contributed by atoms with Crippen LogP contribution in [0, 0.1) is 5.92 Å². The topological polar surface area (TPSA) is 78.4 Å². The predicted octanol–water partition coefficient (Wildman–Crippen LogP) is -0.0346. The lowest BCUT2D eigenvalue weighted by molar-refractivity contribution is -0.148. The Balaban J connectivity index is 2.57. The molecule has 5 nitrogen and oxygen atoms in total. The van der Waals surface area contributed by atoms with Crippen LogP contribution in [-0.4, -0.2) is 35.6 Å². The number of carboxylic acids is 1. The Hall–Kier alpha value is -1.10. The van der Waals surface area contributed by atoms with Gasteiger partial charge in [0.2, 0.25) is 5.91 Å². The monoisotopic (exact) mass is 214 g/mol. The third kappa shape index (κ3) is 2.68. The fourth-order valence-electron chi connectivity index (χ4n) is 1.57. The molecule has 86 valence electrons. The molecular weight excluding hydrogens is 196 g/mol. The average Bonchev–Trinajstić information content (AvgIpc) is 1.99. The Bertz CT molecular complexity index is 263. The minimum Gasteiger partial charge on any atom is -0.480 e. The molecule has 0 bridgehead atoms. The Labute approximate surface area is 89.2 Å². The van der Waals surface area contributed by atoms with Crippen LogP contribution in [0.1, 0.15) is 26.7 Å². The first-order valence-electron chi connectivity index (χ1n) is 5.25. The number of hydrogen-bond acceptors (Lipinski definition) is 3. The van der Waals surface area contributed by atoms with E-state index >= 15 is 0 Å². The first kappa shape index (κ1) is 12.0. The Morgan fingerprint density at radius 2 is 2.13 bits per heavy atom. The van der Waals surface area contributed by atoms with Crippen LogP contribution in [0.2, 0.25) is 0 Å². The van der Waals surface area contributed by atoms with Crippen molar-refractivity contribution in [2.45, 2.75) is 32.2 Å². The highest BCUT2D eigenvalue weighted by molar-refractivity contribution is 5.88. The van der Waals surface area contributed by atoms with E-state index < -0.39 is 11.5 Å². The van der Waals surface area contributed by atoms with E-state index in [0.29, 0.717) is 19.5 Å². The van der Waals surface area contributed by atoms with Crippen LogP contribution in [0.4, 0.5) is 0 Å². The van der Waals surface area contributed by atoms with E-state index in [4.69, 9.17) is 5.11 Å². The van der Waals surface area contributed by atoms with Crippen LogP contribution < -0.4 is 10.6 Å². The molecule has 0 aromatic heterocycles. The maximum atomic E-state index is 11.6. The summed E-state index contributed by atoms with van der Waals surface area (Å²) < 4.78 is 0. The normalized spacial score (nSPS) is 20.1. The van der Waals surface area contributed by atoms with Crippen molar-refractivity contribution >= 4 is 11.9 Å². The van der Waals surface area contributed by atoms with Gasteiger partial charge in [0.05, 0.1) is 5.92 Å². The Kier molecular flexibility index (Phi) is 3.68. The van der Waals surface area contributed by atoms with E-state index in [0.717, 1.165) is 6.42 Å². The van der Waals surface area contributed by atoms with Gasteiger partial charge in [0, 0.05) is 13.1 Å². The summed E-state index contributed by atoms with van der Waals surface area (Å²) in [5.41, 5.74) is -1.12. The lowest BCUT2D eigenvalue weighted by Crippen LogP contribution is -2.58. The molecule has 1 saturated heterocycles. The molecular formula is C10H18N2O3. The molecule has 0 saturated carbocycles. The third-order valence-corrected chi connectivity index (χ3v) is 2.77. The van der Waals surface area contributed by atoms with Gasteiger partial charge >= 0.3 is 5.97 Å². The molecule has 15 heavy (non-hydrogen) atoms. The first-order chi connectivity index (χ1) is 6.99. The van der Waals surface area contributed by atoms with Crippen LogP contribution in [0.25, 0.3) is 0 Å². The summed E-state index contributed by atoms with van der Waals surface area (Å²) in [6, 6.07) is 0. The average molecular weight is 214 g/mol. The van der Waals surface area contributed by atoms with Crippen molar-refractivity contribution in [1.29, 1.82) is 0 Å². The number of rotatable bonds is 5. The van der Waals surface area contributed by atoms with E-state index in [1.807, 2.05) is 6.92 Å². The lowest BCUT2D eigenvalue weighted by atomic mass is 9.93. The molecule has 0 aromatic rings. The molecule has 0 spiro atoms. The van der Waals surface area contributed by atoms with Crippen molar-refractivity contribution in [1.82, 2.24) is 10.6 Å². The lowest BCUT2D eigenvalue weighted by Gasteiger charge is -2.32. The zero-order valence-corrected chi connectivity index (χ0v) is 9.17. The standard InChI is InChI=1S/C10H18N2O3/c1-3-4-10(2,9(14)15)12-8(13)7-5-11-6-7/h7,11H,3-6H2,1-2H3,(H,12,13)(H,14,15). The highest BCUT2D eigenvalue weighted by Gasteiger charge is 2.36. The number of carbonyl (C=O) groups is 2. The molecule has 1 rings (SSSR count). The Morgan fingerprint density at radius 1 is 1.53 bits per heavy atom. The zero-order chi connectivity index (χ0) is 11.5. The van der Waals surface area contributed by atoms with Crippen molar-refractivity contribution in [2.24, 2.45) is 5.92 Å². The zero-order valence-electron chi connectivity index (χ0n) is 9.17. The van der Waals surface area contributed by atoms with Crippen LogP contribution in [0.3, 0.4) is 0 Å². The molecule has 1 heterocycles. The molecule has 1 aliphatic rings. The molecule has 3 N–H and O–H groups in total. The fraction of sp³-hybridized carbons (Fsp3) is 0.800. The second-order valence-corrected chi connectivity index (χ2v) is 4.23. The van der Waals surface area contributed by atoms with Crippen LogP contribution in [0.5, 0.6) is 0 Å². The highest BCUT2D eigenvalue weighted by atomic mass is 16.4. The van der Waals surface area contributed by atoms with Gasteiger partial charge in [-0.3, -0.25) is 4.79 Å². The molecule has 1 atom stereocenters. The molecule has 0 aliphatic carbocycles. The van der Waals surface area contributed by atoms with Crippen molar-refractivity contribution in [3.63, 3.8) is 0 Å². The minimum atomic E-state index is -1.12. The van der Waals surface area contributed by atoms with E-state index in [9.17, 15) is 9.59 Å². The van der Waals surface area contributed by atoms with E-state index in [2.05, 4.69) is 10.6 Å². The van der Waals surface area contributed by atoms with Gasteiger partial charge in [-0.25, -0.2) is 4.79 Å². The van der Waals surface area contributed by atoms with Crippen LogP contribution in [0.15, 0.2) is 0 Å². The second kappa shape index (κ2) is 4.61. The highest BCUT2D eigenvalue weighted by Crippen LogP contribution is 2.14. The number of amides is 1. The largest absolute Gasteiger partial charge is 0.480 e. The van der Waals surface area contributed by atoms with Crippen molar-refractivity contribution in [3.05, 3.63) is 0 Å². The molecule has 0 radical (unpaired) electrons. The van der Waals surface area contributed by atoms with Crippen LogP contribution >= 0.6 is 0 Å². The number of nitrogens with one attached hydrogen (secondary N) is 2. The molecule has 1 fully saturated rings. The maximum Gasteiger partial charge on any atom is 0.329 e. The van der Waals surface area contributed by atoms with Gasteiger partial charge in [0.1, 0.15) is 5.54 Å². The SMILES string of the molecule is CCCC(C)(NC(=O)C1CNC1)C(=O)O. The maximum absolute atomic E-state index is 11.6. The quantitative estimate of drug-likeness (QED) is 0.600. The number of aliphatic carboxylic acids is 1. The molecule has 1 aliphatic heterocycles. The summed E-state index contributed by atoms with van der Waals surface area (Å²) in [5.74, 6) is -1.20. The molecule has 0 aromatic carbocycles.